The lowest BCUT2D eigenvalue weighted by Crippen LogP contribution is -2.23. The third-order valence-electron chi connectivity index (χ3n) is 2.08. The van der Waals surface area contributed by atoms with Gasteiger partial charge in [-0.3, -0.25) is 4.79 Å². The monoisotopic (exact) mass is 283 g/mol. The molecule has 1 heterocycles. The summed E-state index contributed by atoms with van der Waals surface area (Å²) in [6.45, 7) is 3.45. The number of anilines is 1. The Hall–Kier alpha value is -1.22. The van der Waals surface area contributed by atoms with Crippen molar-refractivity contribution in [1.29, 1.82) is 0 Å². The van der Waals surface area contributed by atoms with E-state index in [1.807, 2.05) is 0 Å². The van der Waals surface area contributed by atoms with Crippen molar-refractivity contribution in [2.45, 2.75) is 32.5 Å². The number of aliphatic hydroxyl groups is 1. The van der Waals surface area contributed by atoms with Crippen molar-refractivity contribution in [3.63, 3.8) is 0 Å². The van der Waals surface area contributed by atoms with Crippen molar-refractivity contribution >= 4 is 22.4 Å². The zero-order valence-corrected chi connectivity index (χ0v) is 10.5. The second kappa shape index (κ2) is 5.61. The van der Waals surface area contributed by atoms with E-state index in [-0.39, 0.29) is 28.8 Å². The van der Waals surface area contributed by atoms with E-state index in [2.05, 4.69) is 15.5 Å². The van der Waals surface area contributed by atoms with Crippen LogP contribution in [0.5, 0.6) is 0 Å². The number of nitrogens with one attached hydrogen (secondary N) is 1. The average Bonchev–Trinajstić information content (AvgIpc) is 2.64. The molecule has 0 bridgehead atoms. The van der Waals surface area contributed by atoms with Crippen LogP contribution >= 0.6 is 11.3 Å². The van der Waals surface area contributed by atoms with Gasteiger partial charge in [0.15, 0.2) is 0 Å². The van der Waals surface area contributed by atoms with Crippen LogP contribution in [0, 0.1) is 5.92 Å². The highest BCUT2D eigenvalue weighted by molar-refractivity contribution is 7.15. The molecule has 0 spiro atoms. The Balaban J connectivity index is 2.58. The molecule has 1 unspecified atom stereocenters. The summed E-state index contributed by atoms with van der Waals surface area (Å²) in [5.41, 5.74) is 0. The largest absolute Gasteiger partial charge is 0.445 e. The number of hydrogen-bond acceptors (Lipinski definition) is 5. The molecule has 0 aromatic carbocycles. The molecule has 102 valence electrons. The number of nitrogens with zero attached hydrogens (tertiary/aromatic N) is 2. The van der Waals surface area contributed by atoms with Crippen LogP contribution in [0.1, 0.15) is 25.3 Å². The first kappa shape index (κ1) is 14.8. The molecule has 18 heavy (non-hydrogen) atoms. The Kier molecular flexibility index (Phi) is 4.63. The number of amides is 1. The van der Waals surface area contributed by atoms with E-state index in [1.165, 1.54) is 0 Å². The van der Waals surface area contributed by atoms with Crippen LogP contribution in [0.15, 0.2) is 0 Å². The van der Waals surface area contributed by atoms with E-state index in [0.29, 0.717) is 0 Å². The van der Waals surface area contributed by atoms with Gasteiger partial charge in [0, 0.05) is 0 Å². The number of hydrogen-bond donors (Lipinski definition) is 2. The highest BCUT2D eigenvalue weighted by Gasteiger charge is 2.35. The molecule has 0 aliphatic carbocycles. The normalized spacial score (nSPS) is 13.7. The van der Waals surface area contributed by atoms with Crippen molar-refractivity contribution < 1.29 is 23.1 Å². The van der Waals surface area contributed by atoms with Crippen molar-refractivity contribution in [3.05, 3.63) is 5.01 Å². The van der Waals surface area contributed by atoms with E-state index in [9.17, 15) is 23.1 Å². The van der Waals surface area contributed by atoms with Gasteiger partial charge in [0.25, 0.3) is 0 Å². The summed E-state index contributed by atoms with van der Waals surface area (Å²) in [4.78, 5) is 11.4. The van der Waals surface area contributed by atoms with Crippen LogP contribution in [-0.2, 0) is 11.0 Å². The third kappa shape index (κ3) is 4.22. The molecule has 9 heteroatoms. The Bertz CT molecular complexity index is 419. The summed E-state index contributed by atoms with van der Waals surface area (Å²) in [5.74, 6) is -0.711. The van der Waals surface area contributed by atoms with Crippen molar-refractivity contribution in [3.8, 4) is 0 Å². The zero-order valence-electron chi connectivity index (χ0n) is 9.65. The first-order chi connectivity index (χ1) is 8.20. The zero-order chi connectivity index (χ0) is 13.9. The number of rotatable bonds is 4. The molecule has 1 atom stereocenters. The maximum Gasteiger partial charge on any atom is 0.445 e. The second-order valence-electron chi connectivity index (χ2n) is 3.97. The van der Waals surface area contributed by atoms with Gasteiger partial charge in [0.2, 0.25) is 16.0 Å². The fourth-order valence-electron chi connectivity index (χ4n) is 0.984. The van der Waals surface area contributed by atoms with Crippen molar-refractivity contribution in [1.82, 2.24) is 10.2 Å². The lowest BCUT2D eigenvalue weighted by molar-refractivity contribution is -0.138. The van der Waals surface area contributed by atoms with E-state index in [1.54, 1.807) is 13.8 Å². The van der Waals surface area contributed by atoms with E-state index in [4.69, 9.17) is 0 Å². The summed E-state index contributed by atoms with van der Waals surface area (Å²) in [7, 11) is 0. The first-order valence-electron chi connectivity index (χ1n) is 5.08. The van der Waals surface area contributed by atoms with Crippen LogP contribution in [0.3, 0.4) is 0 Å². The molecule has 0 fully saturated rings. The Morgan fingerprint density at radius 2 is 2.06 bits per heavy atom. The van der Waals surface area contributed by atoms with Crippen molar-refractivity contribution in [2.24, 2.45) is 5.92 Å². The van der Waals surface area contributed by atoms with Crippen LogP contribution in [-0.4, -0.2) is 27.3 Å². The minimum Gasteiger partial charge on any atom is -0.392 e. The molecule has 0 radical (unpaired) electrons. The predicted octanol–water partition coefficient (Wildman–Crippen LogP) is 1.90. The van der Waals surface area contributed by atoms with Gasteiger partial charge < -0.3 is 10.4 Å². The van der Waals surface area contributed by atoms with Crippen LogP contribution in [0.25, 0.3) is 0 Å². The number of aromatic nitrogens is 2. The van der Waals surface area contributed by atoms with E-state index < -0.39 is 23.2 Å². The smallest absolute Gasteiger partial charge is 0.392 e. The Labute approximate surface area is 105 Å². The summed E-state index contributed by atoms with van der Waals surface area (Å²) in [5, 5.41) is 16.4. The number of carbonyl (C=O) groups is 1. The number of aliphatic hydroxyl groups excluding tert-OH is 1. The molecule has 0 saturated heterocycles. The van der Waals surface area contributed by atoms with Crippen LogP contribution < -0.4 is 5.32 Å². The molecule has 0 saturated carbocycles. The van der Waals surface area contributed by atoms with E-state index in [0.717, 1.165) is 0 Å². The molecule has 1 aromatic heterocycles. The van der Waals surface area contributed by atoms with Crippen LogP contribution in [0.2, 0.25) is 0 Å². The maximum absolute atomic E-state index is 12.2. The fraction of sp³-hybridized carbons (Fsp3) is 0.667. The lowest BCUT2D eigenvalue weighted by atomic mass is 10.0. The van der Waals surface area contributed by atoms with Gasteiger partial charge in [0.1, 0.15) is 0 Å². The van der Waals surface area contributed by atoms with Gasteiger partial charge in [-0.05, 0) is 5.92 Å². The number of halogens is 3. The summed E-state index contributed by atoms with van der Waals surface area (Å²) in [6.07, 6.45) is -5.61. The van der Waals surface area contributed by atoms with E-state index >= 15 is 0 Å². The van der Waals surface area contributed by atoms with Gasteiger partial charge in [-0.2, -0.15) is 13.2 Å². The number of alkyl halides is 3. The van der Waals surface area contributed by atoms with Crippen LogP contribution in [0.4, 0.5) is 18.3 Å². The molecule has 2 N–H and O–H groups in total. The second-order valence-corrected chi connectivity index (χ2v) is 4.95. The molecule has 5 nitrogen and oxygen atoms in total. The summed E-state index contributed by atoms with van der Waals surface area (Å²) >= 11 is 0.243. The third-order valence-corrected chi connectivity index (χ3v) is 2.96. The molecular formula is C9H12F3N3O2S. The quantitative estimate of drug-likeness (QED) is 0.885. The fourth-order valence-corrected chi connectivity index (χ4v) is 1.61. The topological polar surface area (TPSA) is 75.1 Å². The molecular weight excluding hydrogens is 271 g/mol. The lowest BCUT2D eigenvalue weighted by Gasteiger charge is -2.12. The highest BCUT2D eigenvalue weighted by atomic mass is 32.1. The molecule has 0 aliphatic rings. The average molecular weight is 283 g/mol. The molecule has 1 amide bonds. The molecule has 1 aromatic rings. The molecule has 0 aliphatic heterocycles. The highest BCUT2D eigenvalue weighted by Crippen LogP contribution is 2.32. The van der Waals surface area contributed by atoms with Gasteiger partial charge in [0.05, 0.1) is 12.5 Å². The van der Waals surface area contributed by atoms with Gasteiger partial charge in [-0.15, -0.1) is 10.2 Å². The minimum absolute atomic E-state index is 0.115. The van der Waals surface area contributed by atoms with Gasteiger partial charge in [-0.25, -0.2) is 0 Å². The minimum atomic E-state index is -4.57. The standard InChI is InChI=1S/C9H12F3N3O2S/c1-4(2)5(16)3-6(17)13-8-15-14-7(18-8)9(10,11)12/h4-5,16H,3H2,1-2H3,(H,13,15,17). The Morgan fingerprint density at radius 3 is 2.50 bits per heavy atom. The predicted molar refractivity (Wildman–Crippen MR) is 59.0 cm³/mol. The maximum atomic E-state index is 12.2. The SMILES string of the molecule is CC(C)C(O)CC(=O)Nc1nnc(C(F)(F)F)s1. The van der Waals surface area contributed by atoms with Crippen molar-refractivity contribution in [2.75, 3.05) is 5.32 Å². The van der Waals surface area contributed by atoms with Gasteiger partial charge in [-0.1, -0.05) is 25.2 Å². The molecule has 1 rings (SSSR count). The number of carbonyl (C=O) groups excluding carboxylic acids is 1. The summed E-state index contributed by atoms with van der Waals surface area (Å²) in [6, 6.07) is 0. The Morgan fingerprint density at radius 1 is 1.44 bits per heavy atom. The first-order valence-corrected chi connectivity index (χ1v) is 5.90. The van der Waals surface area contributed by atoms with Gasteiger partial charge >= 0.3 is 6.18 Å². The summed E-state index contributed by atoms with van der Waals surface area (Å²) < 4.78 is 36.6.